The van der Waals surface area contributed by atoms with Gasteiger partial charge in [0, 0.05) is 20.0 Å². The van der Waals surface area contributed by atoms with Crippen molar-refractivity contribution in [2.45, 2.75) is 32.2 Å². The van der Waals surface area contributed by atoms with Crippen molar-refractivity contribution >= 4 is 12.0 Å². The first-order valence-electron chi connectivity index (χ1n) is 6.14. The molecule has 19 heavy (non-hydrogen) atoms. The summed E-state index contributed by atoms with van der Waals surface area (Å²) in [6.07, 6.45) is 3.77. The lowest BCUT2D eigenvalue weighted by molar-refractivity contribution is -0.137. The van der Waals surface area contributed by atoms with Crippen molar-refractivity contribution in [3.63, 3.8) is 0 Å². The first kappa shape index (κ1) is 14.9. The number of nitrogens with one attached hydrogen (secondary N) is 2. The Morgan fingerprint density at radius 1 is 1.42 bits per heavy atom. The molecule has 0 atom stereocenters. The van der Waals surface area contributed by atoms with Crippen LogP contribution in [0.2, 0.25) is 0 Å². The quantitative estimate of drug-likeness (QED) is 0.598. The third kappa shape index (κ3) is 6.39. The third-order valence-corrected chi connectivity index (χ3v) is 2.54. The van der Waals surface area contributed by atoms with Gasteiger partial charge in [0.1, 0.15) is 12.2 Å². The Labute approximate surface area is 111 Å². The van der Waals surface area contributed by atoms with Crippen molar-refractivity contribution in [2.75, 3.05) is 13.6 Å². The van der Waals surface area contributed by atoms with Gasteiger partial charge in [-0.15, -0.1) is 0 Å². The van der Waals surface area contributed by atoms with Gasteiger partial charge < -0.3 is 15.3 Å². The summed E-state index contributed by atoms with van der Waals surface area (Å²) in [6.45, 7) is 0.907. The summed E-state index contributed by atoms with van der Waals surface area (Å²) in [4.78, 5) is 27.4. The van der Waals surface area contributed by atoms with E-state index in [1.807, 2.05) is 0 Å². The molecule has 8 heteroatoms. The van der Waals surface area contributed by atoms with E-state index in [1.54, 1.807) is 7.05 Å². The zero-order valence-corrected chi connectivity index (χ0v) is 10.9. The largest absolute Gasteiger partial charge is 0.481 e. The van der Waals surface area contributed by atoms with Crippen LogP contribution in [0.5, 0.6) is 0 Å². The lowest BCUT2D eigenvalue weighted by Crippen LogP contribution is -2.37. The van der Waals surface area contributed by atoms with Gasteiger partial charge in [-0.1, -0.05) is 6.42 Å². The maximum atomic E-state index is 11.7. The van der Waals surface area contributed by atoms with E-state index in [9.17, 15) is 9.59 Å². The fourth-order valence-corrected chi connectivity index (χ4v) is 1.51. The average molecular weight is 269 g/mol. The number of rotatable bonds is 8. The van der Waals surface area contributed by atoms with Crippen LogP contribution in [-0.4, -0.2) is 50.8 Å². The van der Waals surface area contributed by atoms with Crippen molar-refractivity contribution in [1.29, 1.82) is 0 Å². The molecule has 0 fully saturated rings. The Kier molecular flexibility index (Phi) is 6.34. The van der Waals surface area contributed by atoms with E-state index in [2.05, 4.69) is 20.5 Å². The number of carbonyl (C=O) groups excluding carboxylic acids is 1. The fraction of sp³-hybridized carbons (Fsp3) is 0.636. The van der Waals surface area contributed by atoms with Crippen LogP contribution in [0.3, 0.4) is 0 Å². The highest BCUT2D eigenvalue weighted by atomic mass is 16.4. The van der Waals surface area contributed by atoms with Crippen LogP contribution < -0.4 is 5.32 Å². The highest BCUT2D eigenvalue weighted by molar-refractivity contribution is 5.73. The summed E-state index contributed by atoms with van der Waals surface area (Å²) in [5, 5.41) is 17.6. The van der Waals surface area contributed by atoms with E-state index >= 15 is 0 Å². The number of H-pyrrole nitrogens is 1. The monoisotopic (exact) mass is 269 g/mol. The van der Waals surface area contributed by atoms with Crippen LogP contribution in [0.15, 0.2) is 6.33 Å². The molecule has 0 aliphatic heterocycles. The van der Waals surface area contributed by atoms with Crippen LogP contribution >= 0.6 is 0 Å². The molecule has 1 rings (SSSR count). The van der Waals surface area contributed by atoms with Crippen LogP contribution in [0.25, 0.3) is 0 Å². The summed E-state index contributed by atoms with van der Waals surface area (Å²) in [5.74, 6) is -0.157. The molecule has 1 aromatic rings. The van der Waals surface area contributed by atoms with Crippen molar-refractivity contribution in [2.24, 2.45) is 0 Å². The number of amides is 2. The molecule has 8 nitrogen and oxygen atoms in total. The number of urea groups is 1. The second-order valence-corrected chi connectivity index (χ2v) is 4.22. The number of nitrogens with zero attached hydrogens (tertiary/aromatic N) is 3. The van der Waals surface area contributed by atoms with Gasteiger partial charge in [-0.3, -0.25) is 9.89 Å². The smallest absolute Gasteiger partial charge is 0.317 e. The van der Waals surface area contributed by atoms with Crippen LogP contribution in [0.4, 0.5) is 4.79 Å². The van der Waals surface area contributed by atoms with Gasteiger partial charge in [0.25, 0.3) is 0 Å². The Balaban J connectivity index is 2.08. The van der Waals surface area contributed by atoms with Crippen molar-refractivity contribution in [1.82, 2.24) is 25.4 Å². The fourth-order valence-electron chi connectivity index (χ4n) is 1.51. The molecule has 106 valence electrons. The summed E-state index contributed by atoms with van der Waals surface area (Å²) in [7, 11) is 1.67. The topological polar surface area (TPSA) is 111 Å². The van der Waals surface area contributed by atoms with Gasteiger partial charge in [0.2, 0.25) is 0 Å². The predicted molar refractivity (Wildman–Crippen MR) is 67.4 cm³/mol. The first-order valence-corrected chi connectivity index (χ1v) is 6.14. The van der Waals surface area contributed by atoms with E-state index < -0.39 is 5.97 Å². The highest BCUT2D eigenvalue weighted by Gasteiger charge is 2.09. The van der Waals surface area contributed by atoms with Crippen LogP contribution in [-0.2, 0) is 11.3 Å². The molecule has 0 spiro atoms. The Morgan fingerprint density at radius 2 is 2.21 bits per heavy atom. The number of aromatic amines is 1. The molecule has 0 unspecified atom stereocenters. The standard InChI is InChI=1S/C11H19N5O3/c1-16(7-9-13-8-14-15-9)11(19)12-6-4-2-3-5-10(17)18/h8H,2-7H2,1H3,(H,12,19)(H,17,18)(H,13,14,15). The second kappa shape index (κ2) is 8.06. The number of hydrogen-bond acceptors (Lipinski definition) is 4. The zero-order chi connectivity index (χ0) is 14.1. The van der Waals surface area contributed by atoms with Crippen molar-refractivity contribution in [3.8, 4) is 0 Å². The number of carbonyl (C=O) groups is 2. The molecule has 0 saturated heterocycles. The Hall–Kier alpha value is -2.12. The molecule has 0 saturated carbocycles. The summed E-state index contributed by atoms with van der Waals surface area (Å²) < 4.78 is 0. The van der Waals surface area contributed by atoms with E-state index in [0.29, 0.717) is 25.3 Å². The molecule has 0 radical (unpaired) electrons. The van der Waals surface area contributed by atoms with Gasteiger partial charge in [-0.25, -0.2) is 9.78 Å². The number of unbranched alkanes of at least 4 members (excludes halogenated alkanes) is 2. The molecule has 0 aliphatic carbocycles. The number of carboxylic acids is 1. The van der Waals surface area contributed by atoms with E-state index in [4.69, 9.17) is 5.11 Å². The molecule has 3 N–H and O–H groups in total. The SMILES string of the molecule is CN(Cc1ncn[nH]1)C(=O)NCCCCCC(=O)O. The summed E-state index contributed by atoms with van der Waals surface area (Å²) >= 11 is 0. The lowest BCUT2D eigenvalue weighted by Gasteiger charge is -2.16. The molecular formula is C11H19N5O3. The number of hydrogen-bond donors (Lipinski definition) is 3. The van der Waals surface area contributed by atoms with E-state index in [1.165, 1.54) is 11.2 Å². The molecule has 0 aromatic carbocycles. The van der Waals surface area contributed by atoms with Gasteiger partial charge in [0.05, 0.1) is 6.54 Å². The predicted octanol–water partition coefficient (Wildman–Crippen LogP) is 0.591. The molecule has 1 heterocycles. The van der Waals surface area contributed by atoms with Crippen molar-refractivity contribution in [3.05, 3.63) is 12.2 Å². The molecular weight excluding hydrogens is 250 g/mol. The van der Waals surface area contributed by atoms with E-state index in [-0.39, 0.29) is 12.5 Å². The minimum Gasteiger partial charge on any atom is -0.481 e. The molecule has 0 bridgehead atoms. The second-order valence-electron chi connectivity index (χ2n) is 4.22. The van der Waals surface area contributed by atoms with E-state index in [0.717, 1.165) is 12.8 Å². The maximum absolute atomic E-state index is 11.7. The summed E-state index contributed by atoms with van der Waals surface area (Å²) in [5.41, 5.74) is 0. The zero-order valence-electron chi connectivity index (χ0n) is 10.9. The first-order chi connectivity index (χ1) is 9.09. The minimum absolute atomic E-state index is 0.180. The van der Waals surface area contributed by atoms with Crippen LogP contribution in [0.1, 0.15) is 31.5 Å². The Bertz CT molecular complexity index is 393. The minimum atomic E-state index is -0.782. The maximum Gasteiger partial charge on any atom is 0.317 e. The van der Waals surface area contributed by atoms with Gasteiger partial charge in [-0.05, 0) is 12.8 Å². The van der Waals surface area contributed by atoms with Gasteiger partial charge in [-0.2, -0.15) is 5.10 Å². The third-order valence-electron chi connectivity index (χ3n) is 2.54. The van der Waals surface area contributed by atoms with Crippen LogP contribution in [0, 0.1) is 0 Å². The highest BCUT2D eigenvalue weighted by Crippen LogP contribution is 1.99. The van der Waals surface area contributed by atoms with Gasteiger partial charge in [0.15, 0.2) is 0 Å². The Morgan fingerprint density at radius 3 is 2.84 bits per heavy atom. The number of carboxylic acid groups (broad SMARTS) is 1. The molecule has 1 aromatic heterocycles. The molecule has 0 aliphatic rings. The van der Waals surface area contributed by atoms with Crippen molar-refractivity contribution < 1.29 is 14.7 Å². The normalized spacial score (nSPS) is 10.2. The average Bonchev–Trinajstić information content (AvgIpc) is 2.85. The summed E-state index contributed by atoms with van der Waals surface area (Å²) in [6, 6.07) is -0.186. The van der Waals surface area contributed by atoms with Gasteiger partial charge >= 0.3 is 12.0 Å². The number of aliphatic carboxylic acids is 1. The molecule has 2 amide bonds. The number of aromatic nitrogens is 3. The lowest BCUT2D eigenvalue weighted by atomic mass is 10.2.